The van der Waals surface area contributed by atoms with Gasteiger partial charge in [-0.25, -0.2) is 0 Å². The van der Waals surface area contributed by atoms with Crippen LogP contribution in [0.1, 0.15) is 32.1 Å². The smallest absolute Gasteiger partial charge is 0.225 e. The summed E-state index contributed by atoms with van der Waals surface area (Å²) >= 11 is 0. The number of carbonyl (C=O) groups excluding carboxylic acids is 2. The Kier molecular flexibility index (Phi) is 5.28. The molecule has 27 heavy (non-hydrogen) atoms. The molecular formula is C22H26N2O3. The summed E-state index contributed by atoms with van der Waals surface area (Å²) in [5.74, 6) is 0.672. The lowest BCUT2D eigenvalue weighted by molar-refractivity contribution is -0.130. The van der Waals surface area contributed by atoms with Crippen LogP contribution in [0.25, 0.3) is 10.8 Å². The minimum absolute atomic E-state index is 0.0361. The number of fused-ring (bicyclic) bond motifs is 1. The highest BCUT2D eigenvalue weighted by molar-refractivity contribution is 5.89. The zero-order chi connectivity index (χ0) is 18.6. The number of hydrogen-bond acceptors (Lipinski definition) is 3. The van der Waals surface area contributed by atoms with Gasteiger partial charge in [0, 0.05) is 19.0 Å². The van der Waals surface area contributed by atoms with Crippen LogP contribution in [-0.4, -0.2) is 42.5 Å². The number of nitrogens with one attached hydrogen (secondary N) is 1. The molecule has 2 fully saturated rings. The van der Waals surface area contributed by atoms with Crippen molar-refractivity contribution < 1.29 is 14.3 Å². The number of hydrogen-bond donors (Lipinski definition) is 1. The fourth-order valence-electron chi connectivity index (χ4n) is 4.22. The van der Waals surface area contributed by atoms with Gasteiger partial charge in [-0.15, -0.1) is 0 Å². The summed E-state index contributed by atoms with van der Waals surface area (Å²) in [6, 6.07) is 14.5. The van der Waals surface area contributed by atoms with Gasteiger partial charge in [0.2, 0.25) is 11.8 Å². The van der Waals surface area contributed by atoms with Gasteiger partial charge < -0.3 is 15.0 Å². The minimum Gasteiger partial charge on any atom is -0.492 e. The van der Waals surface area contributed by atoms with Gasteiger partial charge in [0.15, 0.2) is 0 Å². The van der Waals surface area contributed by atoms with Gasteiger partial charge in [-0.2, -0.15) is 0 Å². The van der Waals surface area contributed by atoms with Gasteiger partial charge in [-0.05, 0) is 35.7 Å². The first-order valence-electron chi connectivity index (χ1n) is 9.89. The molecule has 4 rings (SSSR count). The molecule has 1 saturated carbocycles. The second kappa shape index (κ2) is 7.99. The van der Waals surface area contributed by atoms with Crippen LogP contribution < -0.4 is 10.1 Å². The highest BCUT2D eigenvalue weighted by atomic mass is 16.5. The van der Waals surface area contributed by atoms with Crippen LogP contribution in [0.5, 0.6) is 5.75 Å². The summed E-state index contributed by atoms with van der Waals surface area (Å²) in [6.45, 7) is 1.43. The molecule has 0 unspecified atom stereocenters. The Hall–Kier alpha value is -2.56. The molecule has 1 saturated heterocycles. The quantitative estimate of drug-likeness (QED) is 0.799. The number of likely N-dealkylation sites (tertiary alicyclic amines) is 1. The van der Waals surface area contributed by atoms with E-state index in [0.717, 1.165) is 24.0 Å². The molecule has 1 atom stereocenters. The summed E-state index contributed by atoms with van der Waals surface area (Å²) in [4.78, 5) is 26.5. The molecule has 2 aromatic rings. The second-order valence-electron chi connectivity index (χ2n) is 7.53. The first-order chi connectivity index (χ1) is 13.2. The summed E-state index contributed by atoms with van der Waals surface area (Å²) in [6.07, 6.45) is 4.89. The van der Waals surface area contributed by atoms with Crippen molar-refractivity contribution in [2.45, 2.75) is 38.1 Å². The number of benzene rings is 2. The van der Waals surface area contributed by atoms with Crippen LogP contribution >= 0.6 is 0 Å². The Morgan fingerprint density at radius 1 is 1.11 bits per heavy atom. The number of rotatable bonds is 6. The topological polar surface area (TPSA) is 58.6 Å². The molecule has 142 valence electrons. The lowest BCUT2D eigenvalue weighted by atomic mass is 10.1. The van der Waals surface area contributed by atoms with Crippen LogP contribution in [0.3, 0.4) is 0 Å². The SMILES string of the molecule is O=C(NCCOc1ccc2ccccc2c1)[C@@H]1CC(=O)N(C2CCCC2)C1. The molecule has 5 heteroatoms. The first kappa shape index (κ1) is 17.8. The van der Waals surface area contributed by atoms with Crippen LogP contribution in [0, 0.1) is 5.92 Å². The molecule has 0 spiro atoms. The van der Waals surface area contributed by atoms with Gasteiger partial charge in [0.05, 0.1) is 12.5 Å². The van der Waals surface area contributed by atoms with Crippen molar-refractivity contribution >= 4 is 22.6 Å². The number of nitrogens with zero attached hydrogens (tertiary/aromatic N) is 1. The molecule has 2 amide bonds. The number of carbonyl (C=O) groups is 2. The lowest BCUT2D eigenvalue weighted by Crippen LogP contribution is -2.37. The van der Waals surface area contributed by atoms with E-state index in [1.165, 1.54) is 18.2 Å². The maximum Gasteiger partial charge on any atom is 0.225 e. The van der Waals surface area contributed by atoms with Crippen molar-refractivity contribution in [2.75, 3.05) is 19.7 Å². The van der Waals surface area contributed by atoms with Crippen molar-refractivity contribution in [3.05, 3.63) is 42.5 Å². The fourth-order valence-corrected chi connectivity index (χ4v) is 4.22. The largest absolute Gasteiger partial charge is 0.492 e. The van der Waals surface area contributed by atoms with E-state index in [9.17, 15) is 9.59 Å². The van der Waals surface area contributed by atoms with Gasteiger partial charge in [0.25, 0.3) is 0 Å². The maximum atomic E-state index is 12.4. The van der Waals surface area contributed by atoms with Gasteiger partial charge >= 0.3 is 0 Å². The number of ether oxygens (including phenoxy) is 1. The third-order valence-corrected chi connectivity index (χ3v) is 5.69. The van der Waals surface area contributed by atoms with E-state index in [2.05, 4.69) is 17.4 Å². The number of amides is 2. The standard InChI is InChI=1S/C22H26N2O3/c25-21-14-18(15-24(21)19-7-3-4-8-19)22(26)23-11-12-27-20-10-9-16-5-1-2-6-17(16)13-20/h1-2,5-6,9-10,13,18-19H,3-4,7-8,11-12,14-15H2,(H,23,26)/t18-/m1/s1. The molecule has 0 aromatic heterocycles. The summed E-state index contributed by atoms with van der Waals surface area (Å²) in [5.41, 5.74) is 0. The molecule has 5 nitrogen and oxygen atoms in total. The Bertz CT molecular complexity index is 829. The first-order valence-corrected chi connectivity index (χ1v) is 9.89. The Labute approximate surface area is 159 Å². The van der Waals surface area contributed by atoms with E-state index in [4.69, 9.17) is 4.74 Å². The predicted molar refractivity (Wildman–Crippen MR) is 105 cm³/mol. The highest BCUT2D eigenvalue weighted by Crippen LogP contribution is 2.29. The highest BCUT2D eigenvalue weighted by Gasteiger charge is 2.38. The summed E-state index contributed by atoms with van der Waals surface area (Å²) in [7, 11) is 0. The Balaban J connectivity index is 1.23. The van der Waals surface area contributed by atoms with E-state index in [0.29, 0.717) is 32.2 Å². The average molecular weight is 366 g/mol. The summed E-state index contributed by atoms with van der Waals surface area (Å²) in [5, 5.41) is 5.23. The summed E-state index contributed by atoms with van der Waals surface area (Å²) < 4.78 is 5.76. The van der Waals surface area contributed by atoms with Crippen LogP contribution in [0.4, 0.5) is 0 Å². The molecule has 0 radical (unpaired) electrons. The molecule has 1 aliphatic carbocycles. The molecule has 0 bridgehead atoms. The molecule has 2 aliphatic rings. The van der Waals surface area contributed by atoms with E-state index in [-0.39, 0.29) is 17.7 Å². The third kappa shape index (κ3) is 4.07. The third-order valence-electron chi connectivity index (χ3n) is 5.69. The monoisotopic (exact) mass is 366 g/mol. The van der Waals surface area contributed by atoms with Crippen LogP contribution in [0.15, 0.2) is 42.5 Å². The van der Waals surface area contributed by atoms with Crippen molar-refractivity contribution in [1.29, 1.82) is 0 Å². The van der Waals surface area contributed by atoms with Gasteiger partial charge in [-0.1, -0.05) is 43.2 Å². The van der Waals surface area contributed by atoms with Crippen LogP contribution in [-0.2, 0) is 9.59 Å². The van der Waals surface area contributed by atoms with Gasteiger partial charge in [0.1, 0.15) is 12.4 Å². The molecule has 1 N–H and O–H groups in total. The second-order valence-corrected chi connectivity index (χ2v) is 7.53. The van der Waals surface area contributed by atoms with Gasteiger partial charge in [-0.3, -0.25) is 9.59 Å². The zero-order valence-corrected chi connectivity index (χ0v) is 15.5. The maximum absolute atomic E-state index is 12.4. The lowest BCUT2D eigenvalue weighted by Gasteiger charge is -2.23. The van der Waals surface area contributed by atoms with E-state index < -0.39 is 0 Å². The predicted octanol–water partition coefficient (Wildman–Crippen LogP) is 3.13. The zero-order valence-electron chi connectivity index (χ0n) is 15.5. The Morgan fingerprint density at radius 3 is 2.70 bits per heavy atom. The molecule has 1 aliphatic heterocycles. The Morgan fingerprint density at radius 2 is 1.89 bits per heavy atom. The van der Waals surface area contributed by atoms with Crippen molar-refractivity contribution in [3.63, 3.8) is 0 Å². The fraction of sp³-hybridized carbons (Fsp3) is 0.455. The molecular weight excluding hydrogens is 340 g/mol. The van der Waals surface area contributed by atoms with E-state index in [1.54, 1.807) is 0 Å². The van der Waals surface area contributed by atoms with Crippen molar-refractivity contribution in [1.82, 2.24) is 10.2 Å². The van der Waals surface area contributed by atoms with Crippen molar-refractivity contribution in [2.24, 2.45) is 5.92 Å². The van der Waals surface area contributed by atoms with E-state index >= 15 is 0 Å². The molecule has 1 heterocycles. The van der Waals surface area contributed by atoms with Crippen LogP contribution in [0.2, 0.25) is 0 Å². The van der Waals surface area contributed by atoms with Crippen molar-refractivity contribution in [3.8, 4) is 5.75 Å². The average Bonchev–Trinajstić information content (AvgIpc) is 3.34. The van der Waals surface area contributed by atoms with E-state index in [1.807, 2.05) is 35.2 Å². The normalized spacial score (nSPS) is 20.4. The minimum atomic E-state index is -0.223. The molecule has 2 aromatic carbocycles.